The van der Waals surface area contributed by atoms with Gasteiger partial charge in [0, 0.05) is 22.3 Å². The molecule has 2 rings (SSSR count). The molecule has 0 saturated heterocycles. The number of carbonyl (C=O) groups is 2. The molecule has 0 unspecified atom stereocenters. The topological polar surface area (TPSA) is 84.9 Å². The second-order valence-corrected chi connectivity index (χ2v) is 5.08. The number of carboxylic acid groups (broad SMARTS) is 1. The molecule has 0 aliphatic rings. The monoisotopic (exact) mass is 337 g/mol. The zero-order valence-electron chi connectivity index (χ0n) is 12.3. The predicted molar refractivity (Wildman–Crippen MR) is 85.9 cm³/mol. The maximum absolute atomic E-state index is 11.7. The molecule has 0 aliphatic carbocycles. The highest BCUT2D eigenvalue weighted by molar-refractivity contribution is 6.35. The highest BCUT2D eigenvalue weighted by Gasteiger charge is 2.07. The van der Waals surface area contributed by atoms with E-state index in [1.54, 1.807) is 12.1 Å². The highest BCUT2D eigenvalue weighted by atomic mass is 35.5. The van der Waals surface area contributed by atoms with Gasteiger partial charge in [-0.25, -0.2) is 4.79 Å². The van der Waals surface area contributed by atoms with Gasteiger partial charge in [0.25, 0.3) is 5.91 Å². The molecule has 2 N–H and O–H groups in total. The minimum atomic E-state index is -1.05. The summed E-state index contributed by atoms with van der Waals surface area (Å²) < 4.78 is 10.3. The largest absolute Gasteiger partial charge is 0.483 e. The van der Waals surface area contributed by atoms with Gasteiger partial charge in [0.2, 0.25) is 0 Å². The lowest BCUT2D eigenvalue weighted by molar-refractivity contribution is -0.142. The van der Waals surface area contributed by atoms with Crippen LogP contribution >= 0.6 is 11.6 Å². The fourth-order valence-electron chi connectivity index (χ4n) is 1.98. The molecule has 6 nitrogen and oxygen atoms in total. The summed E-state index contributed by atoms with van der Waals surface area (Å²) in [4.78, 5) is 21.9. The Labute approximate surface area is 138 Å². The van der Waals surface area contributed by atoms with Gasteiger partial charge in [0.1, 0.15) is 12.4 Å². The molecule has 0 spiro atoms. The molecule has 0 radical (unpaired) electrons. The maximum Gasteiger partial charge on any atom is 0.329 e. The van der Waals surface area contributed by atoms with E-state index in [-0.39, 0.29) is 32.3 Å². The molecule has 0 aromatic heterocycles. The van der Waals surface area contributed by atoms with Gasteiger partial charge in [-0.3, -0.25) is 4.79 Å². The first-order valence-corrected chi connectivity index (χ1v) is 7.32. The number of benzene rings is 2. The average molecular weight is 338 g/mol. The molecule has 2 aromatic carbocycles. The molecule has 1 amide bonds. The minimum Gasteiger partial charge on any atom is -0.483 e. The molecule has 0 fully saturated rings. The normalized spacial score (nSPS) is 10.5. The summed E-state index contributed by atoms with van der Waals surface area (Å²) in [5.41, 5.74) is 0. The second kappa shape index (κ2) is 8.36. The van der Waals surface area contributed by atoms with Gasteiger partial charge in [0.05, 0.1) is 6.61 Å². The number of carboxylic acids is 1. The number of rotatable bonds is 8. The van der Waals surface area contributed by atoms with Crippen LogP contribution in [0.2, 0.25) is 5.02 Å². The van der Waals surface area contributed by atoms with E-state index in [4.69, 9.17) is 26.2 Å². The molecule has 7 heteroatoms. The Hall–Kier alpha value is -2.31. The first-order valence-electron chi connectivity index (χ1n) is 6.94. The molecule has 2 aromatic rings. The van der Waals surface area contributed by atoms with Gasteiger partial charge in [0.15, 0.2) is 6.61 Å². The van der Waals surface area contributed by atoms with Gasteiger partial charge in [-0.05, 0) is 12.1 Å². The number of fused-ring (bicyclic) bond motifs is 1. The molecular formula is C16H16ClNO5. The zero-order chi connectivity index (χ0) is 16.7. The number of aliphatic carboxylic acids is 1. The van der Waals surface area contributed by atoms with E-state index in [1.807, 2.05) is 24.3 Å². The van der Waals surface area contributed by atoms with E-state index in [9.17, 15) is 9.59 Å². The van der Waals surface area contributed by atoms with Crippen molar-refractivity contribution in [2.45, 2.75) is 0 Å². The Kier molecular flexibility index (Phi) is 6.19. The van der Waals surface area contributed by atoms with Crippen molar-refractivity contribution in [3.05, 3.63) is 41.4 Å². The van der Waals surface area contributed by atoms with Crippen LogP contribution in [0.15, 0.2) is 36.4 Å². The summed E-state index contributed by atoms with van der Waals surface area (Å²) in [6.07, 6.45) is 0. The van der Waals surface area contributed by atoms with Crippen LogP contribution in [-0.4, -0.2) is 43.3 Å². The first-order chi connectivity index (χ1) is 11.1. The number of hydrogen-bond donors (Lipinski definition) is 2. The van der Waals surface area contributed by atoms with Crippen LogP contribution in [0.3, 0.4) is 0 Å². The van der Waals surface area contributed by atoms with E-state index in [0.29, 0.717) is 10.8 Å². The summed E-state index contributed by atoms with van der Waals surface area (Å²) in [5.74, 6) is -0.792. The molecule has 0 heterocycles. The lowest BCUT2D eigenvalue weighted by atomic mass is 10.1. The minimum absolute atomic E-state index is 0.127. The highest BCUT2D eigenvalue weighted by Crippen LogP contribution is 2.31. The van der Waals surface area contributed by atoms with Crippen molar-refractivity contribution in [1.29, 1.82) is 0 Å². The van der Waals surface area contributed by atoms with E-state index in [2.05, 4.69) is 5.32 Å². The SMILES string of the molecule is O=C(O)COCCNC(=O)COc1ccc(Cl)c2ccccc12. The lowest BCUT2D eigenvalue weighted by Gasteiger charge is -2.10. The van der Waals surface area contributed by atoms with Crippen LogP contribution in [0.25, 0.3) is 10.8 Å². The van der Waals surface area contributed by atoms with Crippen molar-refractivity contribution in [3.63, 3.8) is 0 Å². The Morgan fingerprint density at radius 3 is 2.57 bits per heavy atom. The van der Waals surface area contributed by atoms with Crippen LogP contribution in [0.4, 0.5) is 0 Å². The van der Waals surface area contributed by atoms with Gasteiger partial charge >= 0.3 is 5.97 Å². The maximum atomic E-state index is 11.7. The van der Waals surface area contributed by atoms with Crippen molar-refractivity contribution in [2.24, 2.45) is 0 Å². The van der Waals surface area contributed by atoms with Crippen LogP contribution in [-0.2, 0) is 14.3 Å². The zero-order valence-corrected chi connectivity index (χ0v) is 13.0. The molecular weight excluding hydrogens is 322 g/mol. The predicted octanol–water partition coefficient (Wildman–Crippen LogP) is 2.09. The molecule has 122 valence electrons. The smallest absolute Gasteiger partial charge is 0.329 e. The number of halogens is 1. The van der Waals surface area contributed by atoms with E-state index >= 15 is 0 Å². The summed E-state index contributed by atoms with van der Waals surface area (Å²) >= 11 is 6.12. The molecule has 23 heavy (non-hydrogen) atoms. The van der Waals surface area contributed by atoms with E-state index < -0.39 is 5.97 Å². The standard InChI is InChI=1S/C16H16ClNO5/c17-13-5-6-14(12-4-2-1-3-11(12)13)23-9-15(19)18-7-8-22-10-16(20)21/h1-6H,7-10H2,(H,18,19)(H,20,21). The Morgan fingerprint density at radius 2 is 1.83 bits per heavy atom. The quantitative estimate of drug-likeness (QED) is 0.720. The van der Waals surface area contributed by atoms with Gasteiger partial charge in [-0.15, -0.1) is 0 Å². The third-order valence-corrected chi connectivity index (χ3v) is 3.31. The third kappa shape index (κ3) is 5.12. The number of hydrogen-bond acceptors (Lipinski definition) is 4. The van der Waals surface area contributed by atoms with Crippen LogP contribution in [0.1, 0.15) is 0 Å². The first kappa shape index (κ1) is 17.1. The number of ether oxygens (including phenoxy) is 2. The fraction of sp³-hybridized carbons (Fsp3) is 0.250. The van der Waals surface area contributed by atoms with Crippen molar-refractivity contribution in [2.75, 3.05) is 26.4 Å². The lowest BCUT2D eigenvalue weighted by Crippen LogP contribution is -2.32. The summed E-state index contributed by atoms with van der Waals surface area (Å²) in [7, 11) is 0. The van der Waals surface area contributed by atoms with Crippen LogP contribution in [0, 0.1) is 0 Å². The summed E-state index contributed by atoms with van der Waals surface area (Å²) in [6, 6.07) is 10.9. The van der Waals surface area contributed by atoms with E-state index in [1.165, 1.54) is 0 Å². The van der Waals surface area contributed by atoms with E-state index in [0.717, 1.165) is 10.8 Å². The average Bonchev–Trinajstić information content (AvgIpc) is 2.54. The summed E-state index contributed by atoms with van der Waals surface area (Å²) in [6.45, 7) is -0.188. The number of amides is 1. The van der Waals surface area contributed by atoms with Crippen molar-refractivity contribution >= 4 is 34.2 Å². The van der Waals surface area contributed by atoms with Crippen molar-refractivity contribution in [1.82, 2.24) is 5.32 Å². The van der Waals surface area contributed by atoms with Crippen LogP contribution in [0.5, 0.6) is 5.75 Å². The fourth-order valence-corrected chi connectivity index (χ4v) is 2.20. The molecule has 0 aliphatic heterocycles. The third-order valence-electron chi connectivity index (χ3n) is 2.98. The number of nitrogens with one attached hydrogen (secondary N) is 1. The Balaban J connectivity index is 1.83. The molecule has 0 bridgehead atoms. The Morgan fingerprint density at radius 1 is 1.09 bits per heavy atom. The van der Waals surface area contributed by atoms with Crippen molar-refractivity contribution in [3.8, 4) is 5.75 Å². The van der Waals surface area contributed by atoms with Crippen LogP contribution < -0.4 is 10.1 Å². The van der Waals surface area contributed by atoms with Gasteiger partial charge < -0.3 is 19.9 Å². The molecule has 0 atom stereocenters. The van der Waals surface area contributed by atoms with Gasteiger partial charge in [-0.1, -0.05) is 35.9 Å². The summed E-state index contributed by atoms with van der Waals surface area (Å²) in [5, 5.41) is 13.3. The van der Waals surface area contributed by atoms with Crippen molar-refractivity contribution < 1.29 is 24.2 Å². The Bertz CT molecular complexity index is 704. The second-order valence-electron chi connectivity index (χ2n) is 4.68. The molecule has 0 saturated carbocycles. The number of carbonyl (C=O) groups excluding carboxylic acids is 1. The van der Waals surface area contributed by atoms with Gasteiger partial charge in [-0.2, -0.15) is 0 Å².